The van der Waals surface area contributed by atoms with Crippen molar-refractivity contribution in [3.8, 4) is 11.5 Å². The molecule has 216 valence electrons. The number of alkyl halides is 3. The molecule has 0 atom stereocenters. The average molecular weight is 553 g/mol. The molecule has 3 rings (SSSR count). The molecule has 1 amide bonds. The number of carboxylic acid groups (broad SMARTS) is 1. The van der Waals surface area contributed by atoms with Crippen LogP contribution < -0.4 is 9.47 Å². The van der Waals surface area contributed by atoms with Crippen LogP contribution in [0.15, 0.2) is 42.5 Å². The molecule has 39 heavy (non-hydrogen) atoms. The summed E-state index contributed by atoms with van der Waals surface area (Å²) in [6.07, 6.45) is -2.69. The highest BCUT2D eigenvalue weighted by atomic mass is 19.4. The van der Waals surface area contributed by atoms with Gasteiger partial charge in [0.15, 0.2) is 0 Å². The molecule has 1 aliphatic heterocycles. The van der Waals surface area contributed by atoms with Crippen molar-refractivity contribution in [1.82, 2.24) is 9.80 Å². The van der Waals surface area contributed by atoms with Crippen molar-refractivity contribution < 1.29 is 37.3 Å². The average Bonchev–Trinajstić information content (AvgIpc) is 2.87. The molecule has 0 saturated carbocycles. The van der Waals surface area contributed by atoms with Crippen LogP contribution in [0.1, 0.15) is 43.4 Å². The minimum Gasteiger partial charge on any atom is -0.496 e. The van der Waals surface area contributed by atoms with E-state index in [1.807, 2.05) is 30.3 Å². The van der Waals surface area contributed by atoms with Crippen molar-refractivity contribution in [3.63, 3.8) is 0 Å². The second kappa shape index (κ2) is 14.8. The van der Waals surface area contributed by atoms with Crippen LogP contribution in [0.2, 0.25) is 0 Å². The van der Waals surface area contributed by atoms with Gasteiger partial charge in [0.1, 0.15) is 11.5 Å². The lowest BCUT2D eigenvalue weighted by molar-refractivity contribution is -0.192. The van der Waals surface area contributed by atoms with Gasteiger partial charge in [-0.3, -0.25) is 4.79 Å². The molecule has 2 aromatic rings. The molecule has 0 aliphatic carbocycles. The minimum absolute atomic E-state index is 0.165. The van der Waals surface area contributed by atoms with E-state index in [-0.39, 0.29) is 11.9 Å². The summed E-state index contributed by atoms with van der Waals surface area (Å²) < 4.78 is 43.1. The molecule has 1 saturated heterocycles. The second-order valence-electron chi connectivity index (χ2n) is 10.2. The van der Waals surface area contributed by atoms with Gasteiger partial charge < -0.3 is 24.4 Å². The van der Waals surface area contributed by atoms with Crippen molar-refractivity contribution in [2.75, 3.05) is 33.9 Å². The van der Waals surface area contributed by atoms with Gasteiger partial charge in [0.2, 0.25) is 5.91 Å². The molecule has 2 aromatic carbocycles. The third kappa shape index (κ3) is 10.8. The summed E-state index contributed by atoms with van der Waals surface area (Å²) in [5, 5.41) is 7.12. The standard InChI is InChI=1S/C27H38N2O3.C2HF3O2/c1-20(2)19-32-25-10-7-22(8-11-25)17-27(30)29(24-12-14-28(4)15-13-24)18-23-9-6-21(3)16-26(23)31-5;3-2(4,5)1(6)7/h6-11,16,20,24H,12-15,17-19H2,1-5H3;(H,6,7). The minimum atomic E-state index is -5.08. The number of aliphatic carboxylic acids is 1. The highest BCUT2D eigenvalue weighted by Crippen LogP contribution is 2.26. The Kier molecular flexibility index (Phi) is 12.1. The van der Waals surface area contributed by atoms with Crippen molar-refractivity contribution >= 4 is 11.9 Å². The monoisotopic (exact) mass is 552 g/mol. The Bertz CT molecular complexity index is 1070. The summed E-state index contributed by atoms with van der Waals surface area (Å²) in [4.78, 5) is 26.8. The maximum Gasteiger partial charge on any atom is 0.490 e. The number of likely N-dealkylation sites (tertiary alicyclic amines) is 1. The van der Waals surface area contributed by atoms with Crippen LogP contribution in [0.25, 0.3) is 0 Å². The lowest BCUT2D eigenvalue weighted by atomic mass is 10.0. The van der Waals surface area contributed by atoms with Crippen LogP contribution in [-0.4, -0.2) is 72.9 Å². The Hall–Kier alpha value is -3.27. The maximum atomic E-state index is 13.5. The Morgan fingerprint density at radius 3 is 2.21 bits per heavy atom. The highest BCUT2D eigenvalue weighted by Gasteiger charge is 2.38. The van der Waals surface area contributed by atoms with Gasteiger partial charge in [-0.05, 0) is 75.1 Å². The van der Waals surface area contributed by atoms with Crippen LogP contribution in [0.3, 0.4) is 0 Å². The lowest BCUT2D eigenvalue weighted by Crippen LogP contribution is -2.46. The number of halogens is 3. The van der Waals surface area contributed by atoms with Crippen molar-refractivity contribution in [2.45, 2.75) is 58.8 Å². The molecule has 7 nitrogen and oxygen atoms in total. The summed E-state index contributed by atoms with van der Waals surface area (Å²) in [6.45, 7) is 9.62. The maximum absolute atomic E-state index is 13.5. The van der Waals surface area contributed by atoms with E-state index in [2.05, 4.69) is 49.8 Å². The van der Waals surface area contributed by atoms with Gasteiger partial charge in [0.05, 0.1) is 20.1 Å². The fraction of sp³-hybridized carbons (Fsp3) is 0.517. The summed E-state index contributed by atoms with van der Waals surface area (Å²) in [5.74, 6) is -0.405. The van der Waals surface area contributed by atoms with E-state index in [0.29, 0.717) is 25.5 Å². The Balaban J connectivity index is 0.000000673. The van der Waals surface area contributed by atoms with Crippen molar-refractivity contribution in [2.24, 2.45) is 5.92 Å². The zero-order valence-corrected chi connectivity index (χ0v) is 23.3. The van der Waals surface area contributed by atoms with Gasteiger partial charge in [0.25, 0.3) is 0 Å². The number of methoxy groups -OCH3 is 1. The second-order valence-corrected chi connectivity index (χ2v) is 10.2. The molecule has 0 bridgehead atoms. The van der Waals surface area contributed by atoms with Gasteiger partial charge in [-0.25, -0.2) is 4.79 Å². The lowest BCUT2D eigenvalue weighted by Gasteiger charge is -2.37. The van der Waals surface area contributed by atoms with E-state index in [4.69, 9.17) is 19.4 Å². The number of piperidine rings is 1. The molecule has 1 fully saturated rings. The van der Waals surface area contributed by atoms with E-state index in [9.17, 15) is 18.0 Å². The zero-order chi connectivity index (χ0) is 29.2. The molecular formula is C29H39F3N2O5. The molecule has 0 unspecified atom stereocenters. The predicted octanol–water partition coefficient (Wildman–Crippen LogP) is 5.34. The molecular weight excluding hydrogens is 513 g/mol. The van der Waals surface area contributed by atoms with E-state index in [1.54, 1.807) is 7.11 Å². The Morgan fingerprint density at radius 2 is 1.69 bits per heavy atom. The first kappa shape index (κ1) is 31.9. The highest BCUT2D eigenvalue weighted by molar-refractivity contribution is 5.79. The quantitative estimate of drug-likeness (QED) is 0.453. The van der Waals surface area contributed by atoms with Gasteiger partial charge in [-0.1, -0.05) is 38.1 Å². The summed E-state index contributed by atoms with van der Waals surface area (Å²) in [6, 6.07) is 14.4. The zero-order valence-electron chi connectivity index (χ0n) is 23.3. The van der Waals surface area contributed by atoms with Crippen molar-refractivity contribution in [1.29, 1.82) is 0 Å². The van der Waals surface area contributed by atoms with Gasteiger partial charge in [-0.15, -0.1) is 0 Å². The number of benzene rings is 2. The number of nitrogens with zero attached hydrogens (tertiary/aromatic N) is 2. The Morgan fingerprint density at radius 1 is 1.10 bits per heavy atom. The predicted molar refractivity (Wildman–Crippen MR) is 143 cm³/mol. The van der Waals surface area contributed by atoms with Gasteiger partial charge >= 0.3 is 12.1 Å². The third-order valence-electron chi connectivity index (χ3n) is 6.34. The van der Waals surface area contributed by atoms with Crippen LogP contribution in [0.5, 0.6) is 11.5 Å². The largest absolute Gasteiger partial charge is 0.496 e. The fourth-order valence-corrected chi connectivity index (χ4v) is 4.14. The molecule has 10 heteroatoms. The van der Waals surface area contributed by atoms with E-state index in [0.717, 1.165) is 54.1 Å². The molecule has 1 N–H and O–H groups in total. The van der Waals surface area contributed by atoms with Crippen LogP contribution >= 0.6 is 0 Å². The summed E-state index contributed by atoms with van der Waals surface area (Å²) >= 11 is 0. The molecule has 1 aliphatic rings. The van der Waals surface area contributed by atoms with Crippen LogP contribution in [-0.2, 0) is 22.6 Å². The normalized spacial score (nSPS) is 14.4. The number of rotatable bonds is 9. The number of hydrogen-bond acceptors (Lipinski definition) is 5. The number of carbonyl (C=O) groups excluding carboxylic acids is 1. The molecule has 0 radical (unpaired) electrons. The molecule has 0 aromatic heterocycles. The first-order valence-corrected chi connectivity index (χ1v) is 12.9. The van der Waals surface area contributed by atoms with Crippen LogP contribution in [0.4, 0.5) is 13.2 Å². The summed E-state index contributed by atoms with van der Waals surface area (Å²) in [7, 11) is 3.84. The number of hydrogen-bond donors (Lipinski definition) is 1. The Labute approximate surface area is 228 Å². The molecule has 0 spiro atoms. The number of carbonyl (C=O) groups is 2. The first-order valence-electron chi connectivity index (χ1n) is 12.9. The topological polar surface area (TPSA) is 79.3 Å². The van der Waals surface area contributed by atoms with Crippen molar-refractivity contribution in [3.05, 3.63) is 59.2 Å². The number of carboxylic acids is 1. The van der Waals surface area contributed by atoms with Gasteiger partial charge in [-0.2, -0.15) is 13.2 Å². The summed E-state index contributed by atoms with van der Waals surface area (Å²) in [5.41, 5.74) is 3.23. The smallest absolute Gasteiger partial charge is 0.490 e. The van der Waals surface area contributed by atoms with Gasteiger partial charge in [0, 0.05) is 18.2 Å². The van der Waals surface area contributed by atoms with Crippen LogP contribution in [0, 0.1) is 12.8 Å². The number of ether oxygens (including phenoxy) is 2. The number of amides is 1. The first-order chi connectivity index (χ1) is 18.3. The fourth-order valence-electron chi connectivity index (χ4n) is 4.14. The SMILES string of the molecule is COc1cc(C)ccc1CN(C(=O)Cc1ccc(OCC(C)C)cc1)C1CCN(C)CC1.O=C(O)C(F)(F)F. The molecule has 1 heterocycles. The van der Waals surface area contributed by atoms with E-state index in [1.165, 1.54) is 0 Å². The third-order valence-corrected chi connectivity index (χ3v) is 6.34. The van der Waals surface area contributed by atoms with E-state index < -0.39 is 12.1 Å². The van der Waals surface area contributed by atoms with E-state index >= 15 is 0 Å². The number of aryl methyl sites for hydroxylation is 1.